The van der Waals surface area contributed by atoms with Gasteiger partial charge in [-0.3, -0.25) is 14.9 Å². The summed E-state index contributed by atoms with van der Waals surface area (Å²) in [5, 5.41) is 15.0. The number of halogens is 2. The number of ether oxygens (including phenoxy) is 1. The molecule has 0 bridgehead atoms. The van der Waals surface area contributed by atoms with Gasteiger partial charge in [0.05, 0.1) is 24.0 Å². The Balaban J connectivity index is 1.49. The van der Waals surface area contributed by atoms with E-state index in [1.165, 1.54) is 24.5 Å². The summed E-state index contributed by atoms with van der Waals surface area (Å²) < 4.78 is 33.9. The second-order valence-electron chi connectivity index (χ2n) is 10.2. The fourth-order valence-corrected chi connectivity index (χ4v) is 3.93. The fourth-order valence-electron chi connectivity index (χ4n) is 3.93. The molecule has 0 radical (unpaired) electrons. The zero-order chi connectivity index (χ0) is 29.4. The Labute approximate surface area is 236 Å². The lowest BCUT2D eigenvalue weighted by molar-refractivity contribution is 0.0522. The van der Waals surface area contributed by atoms with Crippen molar-refractivity contribution in [2.45, 2.75) is 45.9 Å². The highest BCUT2D eigenvalue weighted by Gasteiger charge is 2.20. The number of hydrogen-bond acceptors (Lipinski definition) is 7. The van der Waals surface area contributed by atoms with Crippen molar-refractivity contribution in [3.8, 4) is 11.3 Å². The molecule has 3 heterocycles. The Morgan fingerprint density at radius 2 is 1.88 bits per heavy atom. The number of H-pyrrole nitrogens is 1. The molecule has 12 heteroatoms. The van der Waals surface area contributed by atoms with Crippen molar-refractivity contribution in [2.24, 2.45) is 0 Å². The van der Waals surface area contributed by atoms with Crippen molar-refractivity contribution < 1.29 is 23.1 Å². The predicted molar refractivity (Wildman–Crippen MR) is 149 cm³/mol. The monoisotopic (exact) mass is 563 g/mol. The third kappa shape index (κ3) is 8.31. The Kier molecular flexibility index (Phi) is 9.23. The summed E-state index contributed by atoms with van der Waals surface area (Å²) >= 11 is 0. The van der Waals surface area contributed by atoms with Crippen LogP contribution in [0, 0.1) is 11.6 Å². The minimum atomic E-state index is -0.698. The second-order valence-corrected chi connectivity index (χ2v) is 10.2. The minimum absolute atomic E-state index is 0.00805. The van der Waals surface area contributed by atoms with E-state index in [1.807, 2.05) is 0 Å². The Bertz CT molecular complexity index is 1500. The first-order valence-electron chi connectivity index (χ1n) is 12.9. The number of amides is 2. The maximum absolute atomic E-state index is 15.1. The number of carbonyl (C=O) groups excluding carboxylic acids is 2. The second kappa shape index (κ2) is 13.0. The highest BCUT2D eigenvalue weighted by Crippen LogP contribution is 2.25. The van der Waals surface area contributed by atoms with E-state index >= 15 is 4.39 Å². The average Bonchev–Trinajstić information content (AvgIpc) is 3.45. The first-order chi connectivity index (χ1) is 19.6. The van der Waals surface area contributed by atoms with E-state index in [0.717, 1.165) is 11.6 Å². The third-order valence-electron chi connectivity index (χ3n) is 5.81. The summed E-state index contributed by atoms with van der Waals surface area (Å²) in [4.78, 5) is 34.0. The van der Waals surface area contributed by atoms with Crippen LogP contribution in [0.25, 0.3) is 11.3 Å². The summed E-state index contributed by atoms with van der Waals surface area (Å²) in [5.41, 5.74) is 1.72. The van der Waals surface area contributed by atoms with Crippen LogP contribution in [0.3, 0.4) is 0 Å². The number of benzene rings is 1. The third-order valence-corrected chi connectivity index (χ3v) is 5.81. The predicted octanol–water partition coefficient (Wildman–Crippen LogP) is 4.75. The van der Waals surface area contributed by atoms with E-state index in [2.05, 4.69) is 36.1 Å². The van der Waals surface area contributed by atoms with Crippen LogP contribution in [-0.4, -0.2) is 44.3 Å². The Morgan fingerprint density at radius 1 is 1.05 bits per heavy atom. The van der Waals surface area contributed by atoms with Gasteiger partial charge in [-0.15, -0.1) is 0 Å². The van der Waals surface area contributed by atoms with Crippen LogP contribution in [0.5, 0.6) is 0 Å². The zero-order valence-corrected chi connectivity index (χ0v) is 22.9. The standard InChI is InChI=1S/C29H31F2N7O3/c1-29(2,3)41-28(40)35-17-24-19(7-5-10-32-24)14-34-27(39)22-13-23(31)25(20-15-36-37-16-20)38-26(22)33-11-9-18-6-4-8-21(30)12-18/h4-8,10,12-13,15-16H,9,11,14,17H2,1-3H3,(H,33,38)(H,34,39)(H,35,40)(H,36,37). The summed E-state index contributed by atoms with van der Waals surface area (Å²) in [6.07, 6.45) is 4.36. The molecule has 41 heavy (non-hydrogen) atoms. The molecule has 0 aliphatic rings. The summed E-state index contributed by atoms with van der Waals surface area (Å²) in [6.45, 7) is 5.75. The number of hydrogen-bond donors (Lipinski definition) is 4. The molecule has 1 aromatic carbocycles. The number of anilines is 1. The van der Waals surface area contributed by atoms with Crippen molar-refractivity contribution in [1.82, 2.24) is 30.8 Å². The van der Waals surface area contributed by atoms with Crippen LogP contribution in [0.1, 0.15) is 48.0 Å². The molecule has 0 saturated carbocycles. The van der Waals surface area contributed by atoms with Crippen LogP contribution in [-0.2, 0) is 24.2 Å². The lowest BCUT2D eigenvalue weighted by Crippen LogP contribution is -2.33. The molecule has 0 spiro atoms. The zero-order valence-electron chi connectivity index (χ0n) is 22.9. The lowest BCUT2D eigenvalue weighted by Gasteiger charge is -2.20. The smallest absolute Gasteiger partial charge is 0.407 e. The fraction of sp³-hybridized carbons (Fsp3) is 0.276. The van der Waals surface area contributed by atoms with Crippen molar-refractivity contribution >= 4 is 17.8 Å². The molecule has 3 aromatic heterocycles. The van der Waals surface area contributed by atoms with Gasteiger partial charge in [-0.25, -0.2) is 18.6 Å². The Hall–Kier alpha value is -4.87. The van der Waals surface area contributed by atoms with Crippen LogP contribution in [0.4, 0.5) is 19.4 Å². The van der Waals surface area contributed by atoms with E-state index in [1.54, 1.807) is 51.2 Å². The Morgan fingerprint density at radius 3 is 2.61 bits per heavy atom. The number of pyridine rings is 2. The van der Waals surface area contributed by atoms with Gasteiger partial charge in [0, 0.05) is 31.0 Å². The number of carbonyl (C=O) groups is 2. The molecule has 0 aliphatic carbocycles. The van der Waals surface area contributed by atoms with Gasteiger partial charge in [-0.2, -0.15) is 5.10 Å². The molecule has 4 N–H and O–H groups in total. The van der Waals surface area contributed by atoms with Crippen LogP contribution < -0.4 is 16.0 Å². The molecule has 214 valence electrons. The summed E-state index contributed by atoms with van der Waals surface area (Å²) in [7, 11) is 0. The number of nitrogens with zero attached hydrogens (tertiary/aromatic N) is 3. The van der Waals surface area contributed by atoms with Gasteiger partial charge in [-0.05, 0) is 62.6 Å². The molecule has 2 amide bonds. The van der Waals surface area contributed by atoms with E-state index in [4.69, 9.17) is 4.74 Å². The SMILES string of the molecule is CC(C)(C)OC(=O)NCc1ncccc1CNC(=O)c1cc(F)c(-c2cn[nH]c2)nc1NCCc1cccc(F)c1. The van der Waals surface area contributed by atoms with Gasteiger partial charge in [0.1, 0.15) is 22.9 Å². The van der Waals surface area contributed by atoms with Gasteiger partial charge in [0.2, 0.25) is 0 Å². The molecule has 0 saturated heterocycles. The van der Waals surface area contributed by atoms with Crippen molar-refractivity contribution in [1.29, 1.82) is 0 Å². The van der Waals surface area contributed by atoms with Gasteiger partial charge in [-0.1, -0.05) is 18.2 Å². The molecule has 0 unspecified atom stereocenters. The van der Waals surface area contributed by atoms with Crippen LogP contribution in [0.15, 0.2) is 61.1 Å². The highest BCUT2D eigenvalue weighted by atomic mass is 19.1. The maximum Gasteiger partial charge on any atom is 0.407 e. The topological polar surface area (TPSA) is 134 Å². The first kappa shape index (κ1) is 29.1. The molecule has 4 aromatic rings. The van der Waals surface area contributed by atoms with E-state index in [0.29, 0.717) is 29.8 Å². The molecular weight excluding hydrogens is 532 g/mol. The first-order valence-corrected chi connectivity index (χ1v) is 12.9. The van der Waals surface area contributed by atoms with Crippen molar-refractivity contribution in [2.75, 3.05) is 11.9 Å². The molecule has 0 aliphatic heterocycles. The number of aromatic nitrogens is 4. The van der Waals surface area contributed by atoms with Gasteiger partial charge < -0.3 is 20.7 Å². The lowest BCUT2D eigenvalue weighted by atomic mass is 10.1. The number of alkyl carbamates (subject to hydrolysis) is 1. The molecular formula is C29H31F2N7O3. The maximum atomic E-state index is 15.1. The van der Waals surface area contributed by atoms with E-state index in [-0.39, 0.29) is 36.0 Å². The van der Waals surface area contributed by atoms with Gasteiger partial charge >= 0.3 is 6.09 Å². The highest BCUT2D eigenvalue weighted by molar-refractivity contribution is 5.99. The molecule has 0 fully saturated rings. The number of nitrogens with one attached hydrogen (secondary N) is 4. The average molecular weight is 564 g/mol. The summed E-state index contributed by atoms with van der Waals surface area (Å²) in [5.74, 6) is -1.45. The van der Waals surface area contributed by atoms with Crippen LogP contribution >= 0.6 is 0 Å². The van der Waals surface area contributed by atoms with Crippen LogP contribution in [0.2, 0.25) is 0 Å². The quantitative estimate of drug-likeness (QED) is 0.219. The van der Waals surface area contributed by atoms with Crippen molar-refractivity contribution in [3.05, 3.63) is 95.1 Å². The molecule has 4 rings (SSSR count). The molecule has 0 atom stereocenters. The molecule has 10 nitrogen and oxygen atoms in total. The van der Waals surface area contributed by atoms with E-state index < -0.39 is 23.4 Å². The summed E-state index contributed by atoms with van der Waals surface area (Å²) in [6, 6.07) is 10.8. The van der Waals surface area contributed by atoms with Gasteiger partial charge in [0.15, 0.2) is 5.82 Å². The van der Waals surface area contributed by atoms with Crippen molar-refractivity contribution in [3.63, 3.8) is 0 Å². The largest absolute Gasteiger partial charge is 0.444 e. The number of aromatic amines is 1. The van der Waals surface area contributed by atoms with Gasteiger partial charge in [0.25, 0.3) is 5.91 Å². The van der Waals surface area contributed by atoms with E-state index in [9.17, 15) is 14.0 Å². The normalized spacial score (nSPS) is 11.1. The minimum Gasteiger partial charge on any atom is -0.444 e. The number of rotatable bonds is 10.